The fourth-order valence-corrected chi connectivity index (χ4v) is 3.82. The number of rotatable bonds is 9. The molecule has 182 valence electrons. The number of nitrogens with two attached hydrogens (primary N) is 1. The highest BCUT2D eigenvalue weighted by Crippen LogP contribution is 2.31. The minimum atomic E-state index is -3.59. The smallest absolute Gasteiger partial charge is 0.340 e. The number of benzene rings is 3. The summed E-state index contributed by atoms with van der Waals surface area (Å²) in [4.78, 5) is 25.9. The van der Waals surface area contributed by atoms with E-state index in [4.69, 9.17) is 20.6 Å². The predicted molar refractivity (Wildman–Crippen MR) is 133 cm³/mol. The zero-order chi connectivity index (χ0) is 25.6. The van der Waals surface area contributed by atoms with Gasteiger partial charge in [-0.25, -0.2) is 13.2 Å². The average molecular weight is 497 g/mol. The third-order valence-corrected chi connectivity index (χ3v) is 5.37. The van der Waals surface area contributed by atoms with Gasteiger partial charge in [-0.3, -0.25) is 14.9 Å². The van der Waals surface area contributed by atoms with E-state index in [1.807, 2.05) is 0 Å². The Morgan fingerprint density at radius 1 is 0.943 bits per heavy atom. The highest BCUT2D eigenvalue weighted by atomic mass is 32.2. The number of hydrogen-bond acceptors (Lipinski definition) is 7. The van der Waals surface area contributed by atoms with Crippen molar-refractivity contribution in [2.24, 2.45) is 5.73 Å². The van der Waals surface area contributed by atoms with Crippen LogP contribution >= 0.6 is 0 Å². The van der Waals surface area contributed by atoms with Crippen molar-refractivity contribution in [2.75, 3.05) is 30.2 Å². The molecule has 0 aliphatic carbocycles. The molecule has 1 amide bonds. The molecule has 3 aromatic rings. The standard InChI is InChI=1S/C24H24N4O6S/c1-33-14-34-24(30)21-13-17(28-35(2,31)32)11-12-19(21)18-5-3-4-6-20(18)23(29)27-16-9-7-15(8-10-16)22(25)26/h3-13,28H,14H2,1-2H3,(H3,25,26)(H,27,29). The number of amides is 1. The van der Waals surface area contributed by atoms with Crippen molar-refractivity contribution in [1.29, 1.82) is 5.41 Å². The number of nitrogen functional groups attached to an aromatic ring is 1. The molecule has 0 saturated heterocycles. The Labute approximate surface area is 202 Å². The molecule has 0 saturated carbocycles. The number of carbonyl (C=O) groups is 2. The first-order valence-electron chi connectivity index (χ1n) is 10.2. The summed E-state index contributed by atoms with van der Waals surface area (Å²) in [5.41, 5.74) is 7.74. The summed E-state index contributed by atoms with van der Waals surface area (Å²) in [5.74, 6) is -1.28. The van der Waals surface area contributed by atoms with Crippen molar-refractivity contribution in [1.82, 2.24) is 0 Å². The Kier molecular flexibility index (Phi) is 7.84. The van der Waals surface area contributed by atoms with Gasteiger partial charge < -0.3 is 20.5 Å². The topological polar surface area (TPSA) is 161 Å². The molecule has 0 heterocycles. The molecule has 35 heavy (non-hydrogen) atoms. The number of anilines is 2. The summed E-state index contributed by atoms with van der Waals surface area (Å²) < 4.78 is 35.5. The second-order valence-electron chi connectivity index (χ2n) is 7.46. The van der Waals surface area contributed by atoms with Gasteiger partial charge in [-0.1, -0.05) is 24.3 Å². The molecule has 0 bridgehead atoms. The zero-order valence-electron chi connectivity index (χ0n) is 19.0. The van der Waals surface area contributed by atoms with Crippen LogP contribution in [0.3, 0.4) is 0 Å². The number of sulfonamides is 1. The number of amidine groups is 1. The lowest BCUT2D eigenvalue weighted by molar-refractivity contribution is -0.0124. The maximum atomic E-state index is 13.1. The van der Waals surface area contributed by atoms with E-state index in [1.165, 1.54) is 25.3 Å². The van der Waals surface area contributed by atoms with Crippen molar-refractivity contribution < 1.29 is 27.5 Å². The van der Waals surface area contributed by atoms with Crippen LogP contribution < -0.4 is 15.8 Å². The van der Waals surface area contributed by atoms with Crippen LogP contribution in [0.1, 0.15) is 26.3 Å². The van der Waals surface area contributed by atoms with E-state index in [-0.39, 0.29) is 29.4 Å². The molecule has 3 aromatic carbocycles. The van der Waals surface area contributed by atoms with Crippen LogP contribution in [0.4, 0.5) is 11.4 Å². The summed E-state index contributed by atoms with van der Waals surface area (Å²) in [6.07, 6.45) is 0.992. The number of nitrogens with one attached hydrogen (secondary N) is 3. The van der Waals surface area contributed by atoms with Crippen LogP contribution in [0, 0.1) is 5.41 Å². The van der Waals surface area contributed by atoms with Crippen molar-refractivity contribution in [3.8, 4) is 11.1 Å². The van der Waals surface area contributed by atoms with Gasteiger partial charge in [0, 0.05) is 29.6 Å². The fourth-order valence-electron chi connectivity index (χ4n) is 3.26. The second-order valence-corrected chi connectivity index (χ2v) is 9.21. The lowest BCUT2D eigenvalue weighted by atomic mass is 9.94. The number of ether oxygens (including phenoxy) is 2. The quantitative estimate of drug-likeness (QED) is 0.153. The molecule has 0 spiro atoms. The maximum Gasteiger partial charge on any atom is 0.340 e. The van der Waals surface area contributed by atoms with Crippen LogP contribution in [0.15, 0.2) is 66.7 Å². The van der Waals surface area contributed by atoms with Crippen molar-refractivity contribution in [3.05, 3.63) is 83.4 Å². The van der Waals surface area contributed by atoms with E-state index in [1.54, 1.807) is 48.5 Å². The van der Waals surface area contributed by atoms with Crippen LogP contribution in [0.25, 0.3) is 11.1 Å². The zero-order valence-corrected chi connectivity index (χ0v) is 19.8. The van der Waals surface area contributed by atoms with Gasteiger partial charge in [-0.15, -0.1) is 0 Å². The molecule has 0 aliphatic rings. The van der Waals surface area contributed by atoms with Crippen molar-refractivity contribution >= 4 is 39.1 Å². The van der Waals surface area contributed by atoms with E-state index in [9.17, 15) is 18.0 Å². The summed E-state index contributed by atoms with van der Waals surface area (Å²) in [7, 11) is -2.23. The fraction of sp³-hybridized carbons (Fsp3) is 0.125. The first kappa shape index (κ1) is 25.4. The van der Waals surface area contributed by atoms with Crippen LogP contribution in [-0.4, -0.2) is 46.3 Å². The number of carbonyl (C=O) groups excluding carboxylic acids is 2. The van der Waals surface area contributed by atoms with E-state index in [0.717, 1.165) is 6.26 Å². The third kappa shape index (κ3) is 6.65. The van der Waals surface area contributed by atoms with Crippen LogP contribution in [-0.2, 0) is 19.5 Å². The predicted octanol–water partition coefficient (Wildman–Crippen LogP) is 3.02. The average Bonchev–Trinajstić information content (AvgIpc) is 2.81. The highest BCUT2D eigenvalue weighted by Gasteiger charge is 2.21. The first-order valence-corrected chi connectivity index (χ1v) is 12.1. The van der Waals surface area contributed by atoms with Crippen LogP contribution in [0.2, 0.25) is 0 Å². The Bertz CT molecular complexity index is 1370. The summed E-state index contributed by atoms with van der Waals surface area (Å²) in [5, 5.41) is 10.3. The van der Waals surface area contributed by atoms with Gasteiger partial charge in [-0.05, 0) is 53.6 Å². The minimum absolute atomic E-state index is 0.0433. The van der Waals surface area contributed by atoms with Gasteiger partial charge in [0.15, 0.2) is 6.79 Å². The first-order chi connectivity index (χ1) is 16.6. The summed E-state index contributed by atoms with van der Waals surface area (Å²) in [6, 6.07) is 17.5. The van der Waals surface area contributed by atoms with Gasteiger partial charge in [-0.2, -0.15) is 0 Å². The van der Waals surface area contributed by atoms with E-state index < -0.39 is 21.9 Å². The Balaban J connectivity index is 2.02. The summed E-state index contributed by atoms with van der Waals surface area (Å²) >= 11 is 0. The van der Waals surface area contributed by atoms with Crippen LogP contribution in [0.5, 0.6) is 0 Å². The molecule has 0 aromatic heterocycles. The Morgan fingerprint density at radius 3 is 2.20 bits per heavy atom. The number of esters is 1. The van der Waals surface area contributed by atoms with Crippen molar-refractivity contribution in [3.63, 3.8) is 0 Å². The lowest BCUT2D eigenvalue weighted by Crippen LogP contribution is -2.16. The SMILES string of the molecule is COCOC(=O)c1cc(NS(C)(=O)=O)ccc1-c1ccccc1C(=O)Nc1ccc(C(=N)N)cc1. The van der Waals surface area contributed by atoms with Gasteiger partial charge in [0.2, 0.25) is 10.0 Å². The number of hydrogen-bond donors (Lipinski definition) is 4. The molecule has 5 N–H and O–H groups in total. The number of methoxy groups -OCH3 is 1. The molecule has 0 aliphatic heterocycles. The molecule has 0 unspecified atom stereocenters. The third-order valence-electron chi connectivity index (χ3n) is 4.77. The largest absolute Gasteiger partial charge is 0.435 e. The lowest BCUT2D eigenvalue weighted by Gasteiger charge is -2.15. The van der Waals surface area contributed by atoms with E-state index >= 15 is 0 Å². The maximum absolute atomic E-state index is 13.1. The van der Waals surface area contributed by atoms with E-state index in [0.29, 0.717) is 22.4 Å². The molecule has 0 fully saturated rings. The highest BCUT2D eigenvalue weighted by molar-refractivity contribution is 7.92. The van der Waals surface area contributed by atoms with E-state index in [2.05, 4.69) is 10.0 Å². The normalized spacial score (nSPS) is 10.9. The molecular weight excluding hydrogens is 472 g/mol. The second kappa shape index (κ2) is 10.8. The molecule has 10 nitrogen and oxygen atoms in total. The molecule has 11 heteroatoms. The van der Waals surface area contributed by atoms with Gasteiger partial charge in [0.25, 0.3) is 5.91 Å². The van der Waals surface area contributed by atoms with Gasteiger partial charge in [0.05, 0.1) is 11.8 Å². The Hall–Kier alpha value is -4.22. The van der Waals surface area contributed by atoms with Gasteiger partial charge in [0.1, 0.15) is 5.84 Å². The molecule has 0 atom stereocenters. The molecule has 0 radical (unpaired) electrons. The van der Waals surface area contributed by atoms with Gasteiger partial charge >= 0.3 is 5.97 Å². The Morgan fingerprint density at radius 2 is 1.57 bits per heavy atom. The monoisotopic (exact) mass is 496 g/mol. The minimum Gasteiger partial charge on any atom is -0.435 e. The molecule has 3 rings (SSSR count). The van der Waals surface area contributed by atoms with Crippen molar-refractivity contribution in [2.45, 2.75) is 0 Å². The molecular formula is C24H24N4O6S. The summed E-state index contributed by atoms with van der Waals surface area (Å²) in [6.45, 7) is -0.305.